The van der Waals surface area contributed by atoms with Gasteiger partial charge in [-0.3, -0.25) is 14.8 Å². The fraction of sp³-hybridized carbons (Fsp3) is 0.312. The number of aromatic nitrogens is 2. The maximum absolute atomic E-state index is 12.0. The molecule has 116 valence electrons. The lowest BCUT2D eigenvalue weighted by atomic mass is 10.2. The van der Waals surface area contributed by atoms with Gasteiger partial charge in [-0.25, -0.2) is 0 Å². The third-order valence-corrected chi connectivity index (χ3v) is 3.06. The summed E-state index contributed by atoms with van der Waals surface area (Å²) in [5, 5.41) is 6.08. The van der Waals surface area contributed by atoms with Crippen LogP contribution in [0.25, 0.3) is 0 Å². The van der Waals surface area contributed by atoms with Gasteiger partial charge in [-0.2, -0.15) is 0 Å². The summed E-state index contributed by atoms with van der Waals surface area (Å²) >= 11 is 0. The first-order valence-electron chi connectivity index (χ1n) is 7.14. The average molecular weight is 300 g/mol. The van der Waals surface area contributed by atoms with Crippen LogP contribution in [-0.2, 0) is 11.3 Å². The zero-order chi connectivity index (χ0) is 15.6. The predicted molar refractivity (Wildman–Crippen MR) is 84.6 cm³/mol. The van der Waals surface area contributed by atoms with Gasteiger partial charge in [0.05, 0.1) is 11.3 Å². The number of pyridine rings is 2. The van der Waals surface area contributed by atoms with E-state index in [-0.39, 0.29) is 5.91 Å². The van der Waals surface area contributed by atoms with Gasteiger partial charge in [0, 0.05) is 51.6 Å². The molecule has 0 saturated carbocycles. The molecule has 0 aliphatic rings. The molecule has 0 saturated heterocycles. The molecule has 0 spiro atoms. The molecule has 2 aromatic heterocycles. The molecule has 0 aromatic carbocycles. The molecule has 0 unspecified atom stereocenters. The summed E-state index contributed by atoms with van der Waals surface area (Å²) in [6, 6.07) is 5.67. The van der Waals surface area contributed by atoms with Crippen LogP contribution >= 0.6 is 0 Å². The Kier molecular flexibility index (Phi) is 6.32. The number of nitrogens with one attached hydrogen (secondary N) is 2. The van der Waals surface area contributed by atoms with E-state index >= 15 is 0 Å². The van der Waals surface area contributed by atoms with Crippen LogP contribution in [0.3, 0.4) is 0 Å². The lowest BCUT2D eigenvalue weighted by Crippen LogP contribution is -2.25. The Morgan fingerprint density at radius 2 is 2.05 bits per heavy atom. The van der Waals surface area contributed by atoms with Crippen molar-refractivity contribution in [1.29, 1.82) is 0 Å². The van der Waals surface area contributed by atoms with Crippen molar-refractivity contribution in [3.8, 4) is 0 Å². The van der Waals surface area contributed by atoms with Crippen LogP contribution in [0.2, 0.25) is 0 Å². The highest BCUT2D eigenvalue weighted by molar-refractivity contribution is 5.94. The Morgan fingerprint density at radius 1 is 1.23 bits per heavy atom. The van der Waals surface area contributed by atoms with Gasteiger partial charge in [-0.15, -0.1) is 0 Å². The summed E-state index contributed by atoms with van der Waals surface area (Å²) < 4.78 is 4.94. The van der Waals surface area contributed by atoms with E-state index in [1.54, 1.807) is 38.0 Å². The smallest absolute Gasteiger partial charge is 0.252 e. The first kappa shape index (κ1) is 15.9. The molecule has 0 radical (unpaired) electrons. The van der Waals surface area contributed by atoms with E-state index in [9.17, 15) is 4.79 Å². The lowest BCUT2D eigenvalue weighted by Gasteiger charge is -2.08. The van der Waals surface area contributed by atoms with Crippen LogP contribution in [-0.4, -0.2) is 36.1 Å². The summed E-state index contributed by atoms with van der Waals surface area (Å²) in [5.74, 6) is -0.129. The fourth-order valence-corrected chi connectivity index (χ4v) is 1.89. The Bertz CT molecular complexity index is 590. The van der Waals surface area contributed by atoms with Crippen LogP contribution in [0.4, 0.5) is 5.69 Å². The number of rotatable bonds is 8. The Morgan fingerprint density at radius 3 is 2.82 bits per heavy atom. The Hall–Kier alpha value is -2.47. The topological polar surface area (TPSA) is 76.1 Å². The molecule has 2 N–H and O–H groups in total. The first-order chi connectivity index (χ1) is 10.8. The average Bonchev–Trinajstić information content (AvgIpc) is 2.58. The largest absolute Gasteiger partial charge is 0.385 e. The molecule has 0 atom stereocenters. The highest BCUT2D eigenvalue weighted by atomic mass is 16.5. The maximum Gasteiger partial charge on any atom is 0.252 e. The van der Waals surface area contributed by atoms with Crippen molar-refractivity contribution in [2.75, 3.05) is 25.6 Å². The molecule has 2 heterocycles. The van der Waals surface area contributed by atoms with Crippen LogP contribution in [0.15, 0.2) is 43.0 Å². The minimum atomic E-state index is -0.129. The Balaban J connectivity index is 1.87. The van der Waals surface area contributed by atoms with E-state index in [0.717, 1.165) is 17.7 Å². The van der Waals surface area contributed by atoms with Gasteiger partial charge in [-0.05, 0) is 30.2 Å². The van der Waals surface area contributed by atoms with Gasteiger partial charge < -0.3 is 15.4 Å². The highest BCUT2D eigenvalue weighted by Gasteiger charge is 2.06. The number of carbonyl (C=O) groups is 1. The standard InChI is InChI=1S/C16H20N4O2/c1-22-8-2-5-19-16(21)14-9-15(12-18-11-14)20-10-13-3-6-17-7-4-13/h3-4,6-7,9,11-12,20H,2,5,8,10H2,1H3,(H,19,21). The monoisotopic (exact) mass is 300 g/mol. The minimum absolute atomic E-state index is 0.129. The molecule has 0 aliphatic carbocycles. The zero-order valence-electron chi connectivity index (χ0n) is 12.6. The van der Waals surface area contributed by atoms with Gasteiger partial charge in [0.1, 0.15) is 0 Å². The van der Waals surface area contributed by atoms with Crippen molar-refractivity contribution >= 4 is 11.6 Å². The number of hydrogen-bond acceptors (Lipinski definition) is 5. The molecule has 6 nitrogen and oxygen atoms in total. The molecule has 0 aliphatic heterocycles. The summed E-state index contributed by atoms with van der Waals surface area (Å²) in [6.07, 6.45) is 7.54. The SMILES string of the molecule is COCCCNC(=O)c1cncc(NCc2ccncc2)c1. The molecule has 2 rings (SSSR count). The van der Waals surface area contributed by atoms with Crippen molar-refractivity contribution in [3.63, 3.8) is 0 Å². The molecule has 6 heteroatoms. The third kappa shape index (κ3) is 5.14. The number of amides is 1. The van der Waals surface area contributed by atoms with E-state index in [2.05, 4.69) is 20.6 Å². The first-order valence-corrected chi connectivity index (χ1v) is 7.14. The molecular weight excluding hydrogens is 280 g/mol. The quantitative estimate of drug-likeness (QED) is 0.728. The molecule has 0 fully saturated rings. The maximum atomic E-state index is 12.0. The molecule has 1 amide bonds. The van der Waals surface area contributed by atoms with Crippen LogP contribution in [0.5, 0.6) is 0 Å². The Labute approximate surface area is 129 Å². The number of hydrogen-bond donors (Lipinski definition) is 2. The minimum Gasteiger partial charge on any atom is -0.385 e. The van der Waals surface area contributed by atoms with Crippen LogP contribution in [0.1, 0.15) is 22.3 Å². The lowest BCUT2D eigenvalue weighted by molar-refractivity contribution is 0.0948. The third-order valence-electron chi connectivity index (χ3n) is 3.06. The van der Waals surface area contributed by atoms with Gasteiger partial charge in [0.25, 0.3) is 5.91 Å². The zero-order valence-corrected chi connectivity index (χ0v) is 12.6. The van der Waals surface area contributed by atoms with Crippen LogP contribution in [0, 0.1) is 0 Å². The second-order valence-electron chi connectivity index (χ2n) is 4.77. The van der Waals surface area contributed by atoms with E-state index in [4.69, 9.17) is 4.74 Å². The summed E-state index contributed by atoms with van der Waals surface area (Å²) in [5.41, 5.74) is 2.46. The van der Waals surface area contributed by atoms with Gasteiger partial charge in [0.15, 0.2) is 0 Å². The number of methoxy groups -OCH3 is 1. The fourth-order valence-electron chi connectivity index (χ4n) is 1.89. The van der Waals surface area contributed by atoms with Crippen molar-refractivity contribution < 1.29 is 9.53 Å². The normalized spacial score (nSPS) is 10.2. The van der Waals surface area contributed by atoms with Gasteiger partial charge >= 0.3 is 0 Å². The summed E-state index contributed by atoms with van der Waals surface area (Å²) in [4.78, 5) is 20.1. The molecule has 0 bridgehead atoms. The highest BCUT2D eigenvalue weighted by Crippen LogP contribution is 2.10. The van der Waals surface area contributed by atoms with Crippen molar-refractivity contribution in [2.45, 2.75) is 13.0 Å². The van der Waals surface area contributed by atoms with E-state index in [1.165, 1.54) is 0 Å². The van der Waals surface area contributed by atoms with Gasteiger partial charge in [-0.1, -0.05) is 0 Å². The van der Waals surface area contributed by atoms with Crippen LogP contribution < -0.4 is 10.6 Å². The van der Waals surface area contributed by atoms with E-state index in [1.807, 2.05) is 12.1 Å². The second-order valence-corrected chi connectivity index (χ2v) is 4.77. The summed E-state index contributed by atoms with van der Waals surface area (Å²) in [7, 11) is 1.64. The van der Waals surface area contributed by atoms with Crippen molar-refractivity contribution in [3.05, 3.63) is 54.1 Å². The second kappa shape index (κ2) is 8.74. The molecule has 22 heavy (non-hydrogen) atoms. The van der Waals surface area contributed by atoms with Gasteiger partial charge in [0.2, 0.25) is 0 Å². The van der Waals surface area contributed by atoms with Crippen molar-refractivity contribution in [2.24, 2.45) is 0 Å². The van der Waals surface area contributed by atoms with E-state index < -0.39 is 0 Å². The number of anilines is 1. The predicted octanol–water partition coefficient (Wildman–Crippen LogP) is 1.85. The summed E-state index contributed by atoms with van der Waals surface area (Å²) in [6.45, 7) is 1.87. The molecular formula is C16H20N4O2. The molecule has 2 aromatic rings. The van der Waals surface area contributed by atoms with Crippen molar-refractivity contribution in [1.82, 2.24) is 15.3 Å². The number of nitrogens with zero attached hydrogens (tertiary/aromatic N) is 2. The number of carbonyl (C=O) groups excluding carboxylic acids is 1. The van der Waals surface area contributed by atoms with E-state index in [0.29, 0.717) is 25.3 Å². The number of ether oxygens (including phenoxy) is 1.